The molecule has 0 aromatic heterocycles. The van der Waals surface area contributed by atoms with Crippen molar-refractivity contribution >= 4 is 18.0 Å². The molecule has 8 heteroatoms. The van der Waals surface area contributed by atoms with Crippen LogP contribution in [0.15, 0.2) is 91.0 Å². The number of aliphatic hydroxyl groups excluding tert-OH is 1. The normalized spacial score (nSPS) is 12.3. The van der Waals surface area contributed by atoms with Crippen molar-refractivity contribution in [2.45, 2.75) is 45.6 Å². The molecule has 3 rings (SSSR count). The van der Waals surface area contributed by atoms with Crippen molar-refractivity contribution in [1.82, 2.24) is 10.2 Å². The number of carbonyl (C=O) groups excluding carboxylic acids is 3. The van der Waals surface area contributed by atoms with Crippen LogP contribution in [0.4, 0.5) is 4.79 Å². The molecule has 2 N–H and O–H groups in total. The number of esters is 1. The lowest BCUT2D eigenvalue weighted by Gasteiger charge is -2.34. The number of alkyl carbamates (subject to hydrolysis) is 1. The predicted molar refractivity (Wildman–Crippen MR) is 147 cm³/mol. The smallest absolute Gasteiger partial charge is 0.408 e. The Morgan fingerprint density at radius 3 is 1.74 bits per heavy atom. The molecule has 3 aromatic carbocycles. The van der Waals surface area contributed by atoms with Gasteiger partial charge in [-0.1, -0.05) is 105 Å². The van der Waals surface area contributed by atoms with Gasteiger partial charge in [-0.3, -0.25) is 4.79 Å². The lowest BCUT2D eigenvalue weighted by atomic mass is 9.99. The van der Waals surface area contributed by atoms with Crippen molar-refractivity contribution in [3.8, 4) is 0 Å². The number of aliphatic hydroxyl groups is 1. The molecule has 0 bridgehead atoms. The van der Waals surface area contributed by atoms with Gasteiger partial charge in [0, 0.05) is 13.0 Å². The standard InChI is InChI=1S/C31H36N2O6/c1-23(2)28(32-31(37)39-22-26-16-10-5-11-17-26)29(35)33(18-19-34)27(20-24-12-6-3-7-13-24)30(36)38-21-25-14-8-4-9-15-25/h3-17,23,27-28,34H,18-22H2,1-2H3,(H,32,37)/t27-,28-/m0/s1. The second kappa shape index (κ2) is 15.3. The van der Waals surface area contributed by atoms with E-state index in [9.17, 15) is 19.5 Å². The van der Waals surface area contributed by atoms with Gasteiger partial charge in [-0.2, -0.15) is 0 Å². The summed E-state index contributed by atoms with van der Waals surface area (Å²) in [7, 11) is 0. The van der Waals surface area contributed by atoms with Crippen molar-refractivity contribution in [3.63, 3.8) is 0 Å². The van der Waals surface area contributed by atoms with Gasteiger partial charge in [0.1, 0.15) is 25.3 Å². The average molecular weight is 533 g/mol. The Labute approximate surface area is 229 Å². The van der Waals surface area contributed by atoms with Gasteiger partial charge in [0.15, 0.2) is 0 Å². The summed E-state index contributed by atoms with van der Waals surface area (Å²) in [6, 6.07) is 25.7. The van der Waals surface area contributed by atoms with Crippen LogP contribution in [0, 0.1) is 5.92 Å². The van der Waals surface area contributed by atoms with Gasteiger partial charge in [-0.15, -0.1) is 0 Å². The van der Waals surface area contributed by atoms with Crippen molar-refractivity contribution in [2.24, 2.45) is 5.92 Å². The maximum atomic E-state index is 13.8. The molecule has 0 aliphatic carbocycles. The van der Waals surface area contributed by atoms with Crippen molar-refractivity contribution in [1.29, 1.82) is 0 Å². The summed E-state index contributed by atoms with van der Waals surface area (Å²) in [6.45, 7) is 3.19. The molecule has 0 radical (unpaired) electrons. The van der Waals surface area contributed by atoms with Crippen LogP contribution in [0.1, 0.15) is 30.5 Å². The molecule has 0 aliphatic heterocycles. The third kappa shape index (κ3) is 9.26. The number of ether oxygens (including phenoxy) is 2. The van der Waals surface area contributed by atoms with Gasteiger partial charge in [-0.25, -0.2) is 9.59 Å². The molecule has 2 amide bonds. The van der Waals surface area contributed by atoms with Crippen LogP contribution in [0.3, 0.4) is 0 Å². The first kappa shape index (κ1) is 29.4. The number of hydrogen-bond donors (Lipinski definition) is 2. The maximum Gasteiger partial charge on any atom is 0.408 e. The molecule has 0 heterocycles. The third-order valence-electron chi connectivity index (χ3n) is 6.19. The van der Waals surface area contributed by atoms with Crippen LogP contribution < -0.4 is 5.32 Å². The molecule has 3 aromatic rings. The quantitative estimate of drug-likeness (QED) is 0.321. The number of carbonyl (C=O) groups is 3. The highest BCUT2D eigenvalue weighted by Crippen LogP contribution is 2.17. The van der Waals surface area contributed by atoms with E-state index in [0.29, 0.717) is 0 Å². The van der Waals surface area contributed by atoms with Gasteiger partial charge in [0.05, 0.1) is 6.61 Å². The van der Waals surface area contributed by atoms with E-state index in [1.807, 2.05) is 91.0 Å². The molecule has 0 aliphatic rings. The number of hydrogen-bond acceptors (Lipinski definition) is 6. The molecule has 0 spiro atoms. The molecule has 0 unspecified atom stereocenters. The number of nitrogens with one attached hydrogen (secondary N) is 1. The Bertz CT molecular complexity index is 1170. The van der Waals surface area contributed by atoms with E-state index in [-0.39, 0.29) is 38.7 Å². The molecule has 0 fully saturated rings. The Morgan fingerprint density at radius 1 is 0.769 bits per heavy atom. The van der Waals surface area contributed by atoms with E-state index in [2.05, 4.69) is 5.32 Å². The monoisotopic (exact) mass is 532 g/mol. The fraction of sp³-hybridized carbons (Fsp3) is 0.323. The van der Waals surface area contributed by atoms with Crippen LogP contribution in [0.25, 0.3) is 0 Å². The summed E-state index contributed by atoms with van der Waals surface area (Å²) in [5.41, 5.74) is 2.45. The summed E-state index contributed by atoms with van der Waals surface area (Å²) in [5, 5.41) is 12.5. The Kier molecular flexibility index (Phi) is 11.5. The zero-order valence-electron chi connectivity index (χ0n) is 22.4. The largest absolute Gasteiger partial charge is 0.459 e. The molecule has 206 valence electrons. The van der Waals surface area contributed by atoms with Crippen molar-refractivity contribution < 1.29 is 29.0 Å². The Morgan fingerprint density at radius 2 is 1.26 bits per heavy atom. The fourth-order valence-corrected chi connectivity index (χ4v) is 4.09. The van der Waals surface area contributed by atoms with Gasteiger partial charge >= 0.3 is 12.1 Å². The first-order chi connectivity index (χ1) is 18.9. The zero-order chi connectivity index (χ0) is 28.0. The molecule has 2 atom stereocenters. The number of rotatable bonds is 13. The summed E-state index contributed by atoms with van der Waals surface area (Å²) < 4.78 is 11.0. The van der Waals surface area contributed by atoms with E-state index < -0.39 is 30.1 Å². The van der Waals surface area contributed by atoms with Crippen LogP contribution >= 0.6 is 0 Å². The van der Waals surface area contributed by atoms with Crippen molar-refractivity contribution in [3.05, 3.63) is 108 Å². The van der Waals surface area contributed by atoms with E-state index in [1.54, 1.807) is 13.8 Å². The van der Waals surface area contributed by atoms with E-state index in [1.165, 1.54) is 4.90 Å². The minimum Gasteiger partial charge on any atom is -0.459 e. The second-order valence-corrected chi connectivity index (χ2v) is 9.48. The highest BCUT2D eigenvalue weighted by molar-refractivity contribution is 5.90. The van der Waals surface area contributed by atoms with Gasteiger partial charge in [0.2, 0.25) is 5.91 Å². The lowest BCUT2D eigenvalue weighted by molar-refractivity contribution is -0.157. The summed E-state index contributed by atoms with van der Waals surface area (Å²) in [6.07, 6.45) is -0.565. The summed E-state index contributed by atoms with van der Waals surface area (Å²) in [5.74, 6) is -1.42. The average Bonchev–Trinajstić information content (AvgIpc) is 2.96. The van der Waals surface area contributed by atoms with Crippen LogP contribution in [-0.4, -0.2) is 53.2 Å². The molecule has 39 heavy (non-hydrogen) atoms. The van der Waals surface area contributed by atoms with Gasteiger partial charge in [-0.05, 0) is 22.6 Å². The van der Waals surface area contributed by atoms with Gasteiger partial charge < -0.3 is 24.8 Å². The SMILES string of the molecule is CC(C)[C@H](NC(=O)OCc1ccccc1)C(=O)N(CCO)[C@@H](Cc1ccccc1)C(=O)OCc1ccccc1. The topological polar surface area (TPSA) is 105 Å². The van der Waals surface area contributed by atoms with E-state index in [4.69, 9.17) is 9.47 Å². The molecule has 8 nitrogen and oxygen atoms in total. The molecule has 0 saturated heterocycles. The highest BCUT2D eigenvalue weighted by Gasteiger charge is 2.37. The molecule has 0 saturated carbocycles. The highest BCUT2D eigenvalue weighted by atomic mass is 16.5. The first-order valence-corrected chi connectivity index (χ1v) is 13.0. The third-order valence-corrected chi connectivity index (χ3v) is 6.19. The van der Waals surface area contributed by atoms with Crippen molar-refractivity contribution in [2.75, 3.05) is 13.2 Å². The van der Waals surface area contributed by atoms with Crippen LogP contribution in [0.5, 0.6) is 0 Å². The Balaban J connectivity index is 1.79. The fourth-order valence-electron chi connectivity index (χ4n) is 4.09. The predicted octanol–water partition coefficient (Wildman–Crippen LogP) is 4.11. The van der Waals surface area contributed by atoms with Crippen LogP contribution in [-0.2, 0) is 38.7 Å². The molecular formula is C31H36N2O6. The minimum absolute atomic E-state index is 0.0454. The zero-order valence-corrected chi connectivity index (χ0v) is 22.4. The molecular weight excluding hydrogens is 496 g/mol. The minimum atomic E-state index is -1.01. The van der Waals surface area contributed by atoms with Gasteiger partial charge in [0.25, 0.3) is 0 Å². The van der Waals surface area contributed by atoms with Crippen LogP contribution in [0.2, 0.25) is 0 Å². The van der Waals surface area contributed by atoms with E-state index in [0.717, 1.165) is 16.7 Å². The lowest BCUT2D eigenvalue weighted by Crippen LogP contribution is -2.57. The summed E-state index contributed by atoms with van der Waals surface area (Å²) in [4.78, 5) is 41.2. The second-order valence-electron chi connectivity index (χ2n) is 9.48. The Hall–Kier alpha value is -4.17. The number of amides is 2. The summed E-state index contributed by atoms with van der Waals surface area (Å²) >= 11 is 0. The number of nitrogens with zero attached hydrogens (tertiary/aromatic N) is 1. The van der Waals surface area contributed by atoms with E-state index >= 15 is 0 Å². The number of benzene rings is 3. The maximum absolute atomic E-state index is 13.8. The first-order valence-electron chi connectivity index (χ1n) is 13.0.